The SMILES string of the molecule is CC1CCC(NCc2c(F)cc(C#N)cc2F)C1C. The van der Waals surface area contributed by atoms with Gasteiger partial charge in [-0.15, -0.1) is 0 Å². The van der Waals surface area contributed by atoms with Gasteiger partial charge in [0.2, 0.25) is 0 Å². The number of benzene rings is 1. The van der Waals surface area contributed by atoms with Crippen molar-refractivity contribution in [2.45, 2.75) is 39.3 Å². The molecule has 1 aromatic carbocycles. The average molecular weight is 264 g/mol. The van der Waals surface area contributed by atoms with E-state index in [9.17, 15) is 8.78 Å². The fourth-order valence-corrected chi connectivity index (χ4v) is 2.72. The van der Waals surface area contributed by atoms with Crippen LogP contribution in [0.25, 0.3) is 0 Å². The quantitative estimate of drug-likeness (QED) is 0.908. The van der Waals surface area contributed by atoms with Crippen LogP contribution in [0.3, 0.4) is 0 Å². The molecule has 3 unspecified atom stereocenters. The second-order valence-electron chi connectivity index (χ2n) is 5.43. The van der Waals surface area contributed by atoms with Crippen molar-refractivity contribution >= 4 is 0 Å². The molecule has 0 saturated heterocycles. The summed E-state index contributed by atoms with van der Waals surface area (Å²) in [6, 6.07) is 4.22. The zero-order chi connectivity index (χ0) is 14.0. The Morgan fingerprint density at radius 3 is 2.37 bits per heavy atom. The standard InChI is InChI=1S/C15H18F2N2/c1-9-3-4-15(10(9)2)19-8-12-13(16)5-11(7-18)6-14(12)17/h5-6,9-10,15,19H,3-4,8H2,1-2H3. The summed E-state index contributed by atoms with van der Waals surface area (Å²) in [7, 11) is 0. The van der Waals surface area contributed by atoms with Gasteiger partial charge in [0, 0.05) is 18.2 Å². The Morgan fingerprint density at radius 1 is 1.26 bits per heavy atom. The lowest BCUT2D eigenvalue weighted by atomic mass is 9.97. The highest BCUT2D eigenvalue weighted by molar-refractivity contribution is 5.34. The van der Waals surface area contributed by atoms with Crippen molar-refractivity contribution in [3.8, 4) is 6.07 Å². The van der Waals surface area contributed by atoms with E-state index in [1.54, 1.807) is 6.07 Å². The topological polar surface area (TPSA) is 35.8 Å². The van der Waals surface area contributed by atoms with Crippen molar-refractivity contribution in [2.75, 3.05) is 0 Å². The number of rotatable bonds is 3. The molecule has 102 valence electrons. The molecular weight excluding hydrogens is 246 g/mol. The van der Waals surface area contributed by atoms with Gasteiger partial charge in [-0.1, -0.05) is 13.8 Å². The highest BCUT2D eigenvalue weighted by Gasteiger charge is 2.29. The molecule has 0 spiro atoms. The van der Waals surface area contributed by atoms with E-state index < -0.39 is 11.6 Å². The van der Waals surface area contributed by atoms with Gasteiger partial charge in [0.05, 0.1) is 11.6 Å². The number of hydrogen-bond donors (Lipinski definition) is 1. The first-order valence-corrected chi connectivity index (χ1v) is 6.64. The van der Waals surface area contributed by atoms with Gasteiger partial charge >= 0.3 is 0 Å². The van der Waals surface area contributed by atoms with Crippen molar-refractivity contribution in [2.24, 2.45) is 11.8 Å². The molecule has 1 N–H and O–H groups in total. The van der Waals surface area contributed by atoms with Crippen LogP contribution in [-0.2, 0) is 6.54 Å². The smallest absolute Gasteiger partial charge is 0.131 e. The van der Waals surface area contributed by atoms with Crippen molar-refractivity contribution in [1.82, 2.24) is 5.32 Å². The molecule has 2 rings (SSSR count). The summed E-state index contributed by atoms with van der Waals surface area (Å²) in [4.78, 5) is 0. The largest absolute Gasteiger partial charge is 0.309 e. The molecule has 0 aliphatic heterocycles. The van der Waals surface area contributed by atoms with Crippen LogP contribution in [0, 0.1) is 34.8 Å². The van der Waals surface area contributed by atoms with E-state index in [1.165, 1.54) is 0 Å². The Labute approximate surface area is 112 Å². The molecule has 4 heteroatoms. The van der Waals surface area contributed by atoms with Gasteiger partial charge in [-0.2, -0.15) is 5.26 Å². The second-order valence-corrected chi connectivity index (χ2v) is 5.43. The number of nitriles is 1. The number of hydrogen-bond acceptors (Lipinski definition) is 2. The molecule has 1 aliphatic rings. The maximum Gasteiger partial charge on any atom is 0.131 e. The molecule has 1 saturated carbocycles. The Hall–Kier alpha value is -1.47. The van der Waals surface area contributed by atoms with Crippen molar-refractivity contribution in [3.63, 3.8) is 0 Å². The van der Waals surface area contributed by atoms with Gasteiger partial charge in [-0.25, -0.2) is 8.78 Å². The molecule has 0 amide bonds. The summed E-state index contributed by atoms with van der Waals surface area (Å²) < 4.78 is 27.4. The van der Waals surface area contributed by atoms with Crippen molar-refractivity contribution in [3.05, 3.63) is 34.9 Å². The first kappa shape index (κ1) is 14.0. The molecule has 1 aromatic rings. The van der Waals surface area contributed by atoms with E-state index in [2.05, 4.69) is 19.2 Å². The second kappa shape index (κ2) is 5.66. The van der Waals surface area contributed by atoms with E-state index in [0.29, 0.717) is 17.9 Å². The summed E-state index contributed by atoms with van der Waals surface area (Å²) in [5.41, 5.74) is 0.0346. The van der Waals surface area contributed by atoms with E-state index in [1.807, 2.05) is 0 Å². The van der Waals surface area contributed by atoms with E-state index >= 15 is 0 Å². The molecule has 3 atom stereocenters. The Kier molecular flexibility index (Phi) is 4.16. The van der Waals surface area contributed by atoms with Gasteiger partial charge in [0.15, 0.2) is 0 Å². The molecule has 0 radical (unpaired) electrons. The summed E-state index contributed by atoms with van der Waals surface area (Å²) >= 11 is 0. The van der Waals surface area contributed by atoms with Crippen LogP contribution in [0.5, 0.6) is 0 Å². The van der Waals surface area contributed by atoms with Crippen LogP contribution in [-0.4, -0.2) is 6.04 Å². The third-order valence-corrected chi connectivity index (χ3v) is 4.28. The molecule has 0 aromatic heterocycles. The number of halogens is 2. The van der Waals surface area contributed by atoms with E-state index in [4.69, 9.17) is 5.26 Å². The minimum Gasteiger partial charge on any atom is -0.309 e. The monoisotopic (exact) mass is 264 g/mol. The number of nitrogens with zero attached hydrogens (tertiary/aromatic N) is 1. The molecule has 2 nitrogen and oxygen atoms in total. The summed E-state index contributed by atoms with van der Waals surface area (Å²) in [6.45, 7) is 4.54. The lowest BCUT2D eigenvalue weighted by Gasteiger charge is -2.20. The van der Waals surface area contributed by atoms with Crippen LogP contribution >= 0.6 is 0 Å². The fourth-order valence-electron chi connectivity index (χ4n) is 2.72. The lowest BCUT2D eigenvalue weighted by Crippen LogP contribution is -2.32. The Bertz CT molecular complexity index is 484. The van der Waals surface area contributed by atoms with Gasteiger partial charge in [-0.3, -0.25) is 0 Å². The average Bonchev–Trinajstić information content (AvgIpc) is 2.69. The van der Waals surface area contributed by atoms with Crippen LogP contribution < -0.4 is 5.32 Å². The predicted octanol–water partition coefficient (Wildman–Crippen LogP) is 3.36. The van der Waals surface area contributed by atoms with Crippen LogP contribution in [0.15, 0.2) is 12.1 Å². The van der Waals surface area contributed by atoms with Gasteiger partial charge in [-0.05, 0) is 36.8 Å². The maximum absolute atomic E-state index is 13.7. The third-order valence-electron chi connectivity index (χ3n) is 4.28. The molecule has 0 bridgehead atoms. The highest BCUT2D eigenvalue weighted by atomic mass is 19.1. The summed E-state index contributed by atoms with van der Waals surface area (Å²) in [6.07, 6.45) is 2.19. The fraction of sp³-hybridized carbons (Fsp3) is 0.533. The van der Waals surface area contributed by atoms with E-state index in [0.717, 1.165) is 25.0 Å². The molecular formula is C15H18F2N2. The Morgan fingerprint density at radius 2 is 1.89 bits per heavy atom. The molecule has 0 heterocycles. The van der Waals surface area contributed by atoms with E-state index in [-0.39, 0.29) is 17.7 Å². The van der Waals surface area contributed by atoms with Crippen LogP contribution in [0.1, 0.15) is 37.8 Å². The molecule has 1 fully saturated rings. The van der Waals surface area contributed by atoms with Crippen molar-refractivity contribution < 1.29 is 8.78 Å². The summed E-state index contributed by atoms with van der Waals surface area (Å²) in [5, 5.41) is 11.9. The molecule has 1 aliphatic carbocycles. The summed E-state index contributed by atoms with van der Waals surface area (Å²) in [5.74, 6) is -0.136. The zero-order valence-corrected chi connectivity index (χ0v) is 11.2. The number of nitrogens with one attached hydrogen (secondary N) is 1. The Balaban J connectivity index is 2.06. The normalized spacial score (nSPS) is 26.4. The van der Waals surface area contributed by atoms with Gasteiger partial charge < -0.3 is 5.32 Å². The first-order valence-electron chi connectivity index (χ1n) is 6.64. The lowest BCUT2D eigenvalue weighted by molar-refractivity contribution is 0.365. The first-order chi connectivity index (χ1) is 9.02. The van der Waals surface area contributed by atoms with Crippen molar-refractivity contribution in [1.29, 1.82) is 5.26 Å². The van der Waals surface area contributed by atoms with Gasteiger partial charge in [0.1, 0.15) is 11.6 Å². The minimum absolute atomic E-state index is 0.0154. The highest BCUT2D eigenvalue weighted by Crippen LogP contribution is 2.31. The minimum atomic E-state index is -0.650. The predicted molar refractivity (Wildman–Crippen MR) is 69.3 cm³/mol. The maximum atomic E-state index is 13.7. The molecule has 19 heavy (non-hydrogen) atoms. The zero-order valence-electron chi connectivity index (χ0n) is 11.2. The van der Waals surface area contributed by atoms with Gasteiger partial charge in [0.25, 0.3) is 0 Å². The van der Waals surface area contributed by atoms with Crippen LogP contribution in [0.4, 0.5) is 8.78 Å². The van der Waals surface area contributed by atoms with Crippen LogP contribution in [0.2, 0.25) is 0 Å². The third kappa shape index (κ3) is 2.93.